The Balaban J connectivity index is 5.45. The van der Waals surface area contributed by atoms with Crippen LogP contribution in [-0.4, -0.2) is 96.7 Å². The van der Waals surface area contributed by atoms with Crippen LogP contribution in [0.5, 0.6) is 0 Å². The number of phosphoric ester groups is 2. The molecule has 0 rings (SSSR count). The lowest BCUT2D eigenvalue weighted by molar-refractivity contribution is -0.161. The summed E-state index contributed by atoms with van der Waals surface area (Å²) in [6, 6.07) is 0. The molecule has 3 N–H and O–H groups in total. The zero-order chi connectivity index (χ0) is 76.0. The molecule has 0 bridgehead atoms. The molecule has 0 aromatic rings. The summed E-state index contributed by atoms with van der Waals surface area (Å²) in [6.07, 6.45) is 88.0. The summed E-state index contributed by atoms with van der Waals surface area (Å²) in [7, 11) is -10.00. The molecule has 0 aliphatic carbocycles. The molecular formula is C85H140O17P2. The monoisotopic (exact) mass is 1490 g/mol. The SMILES string of the molecule is CC/C=C\C/C=C\C/C=C\C/C=C\C/C=C\CCCCCC(=O)OCC(COP(=O)(O)OCC(O)COP(=O)(O)OCC(COC(=O)CCCCCCC/C=C\C/C=C\C/C=C\CC)OC(=O)CCCCCCC/C=C\CCCCCCCC)OC(=O)CCCC/C=C\C/C=C\C/C=C\C/C=C\CC. The fraction of sp³-hybridized carbons (Fsp3) is 0.647. The predicted octanol–water partition coefficient (Wildman–Crippen LogP) is 23.2. The van der Waals surface area contributed by atoms with Crippen molar-refractivity contribution in [3.05, 3.63) is 158 Å². The van der Waals surface area contributed by atoms with E-state index in [1.165, 1.54) is 38.5 Å². The first-order valence-electron chi connectivity index (χ1n) is 39.7. The second-order valence-corrected chi connectivity index (χ2v) is 28.8. The average Bonchev–Trinajstić information content (AvgIpc) is 0.918. The number of aliphatic hydroxyl groups is 1. The fourth-order valence-electron chi connectivity index (χ4n) is 10.0. The molecule has 0 aliphatic heterocycles. The Morgan fingerprint density at radius 2 is 0.500 bits per heavy atom. The molecule has 17 nitrogen and oxygen atoms in total. The molecule has 0 aromatic carbocycles. The first kappa shape index (κ1) is 98.7. The van der Waals surface area contributed by atoms with Gasteiger partial charge in [0.25, 0.3) is 0 Å². The van der Waals surface area contributed by atoms with E-state index in [-0.39, 0.29) is 25.7 Å². The van der Waals surface area contributed by atoms with Crippen molar-refractivity contribution in [1.29, 1.82) is 0 Å². The quantitative estimate of drug-likeness (QED) is 0.0169. The Labute approximate surface area is 629 Å². The summed E-state index contributed by atoms with van der Waals surface area (Å²) in [5.41, 5.74) is 0. The highest BCUT2D eigenvalue weighted by Gasteiger charge is 2.30. The Morgan fingerprint density at radius 1 is 0.279 bits per heavy atom. The molecule has 0 aliphatic rings. The van der Waals surface area contributed by atoms with E-state index in [0.717, 1.165) is 173 Å². The van der Waals surface area contributed by atoms with Gasteiger partial charge in [-0.2, -0.15) is 0 Å². The Hall–Kier alpha value is -5.32. The van der Waals surface area contributed by atoms with Gasteiger partial charge in [0.2, 0.25) is 0 Å². The molecule has 5 unspecified atom stereocenters. The third-order valence-corrected chi connectivity index (χ3v) is 17.9. The van der Waals surface area contributed by atoms with Gasteiger partial charge in [-0.25, -0.2) is 9.13 Å². The first-order chi connectivity index (χ1) is 50.7. The molecule has 0 amide bonds. The number of carbonyl (C=O) groups excluding carboxylic acids is 4. The minimum Gasteiger partial charge on any atom is -0.462 e. The van der Waals surface area contributed by atoms with Gasteiger partial charge >= 0.3 is 39.5 Å². The largest absolute Gasteiger partial charge is 0.472 e. The normalized spacial score (nSPS) is 14.7. The van der Waals surface area contributed by atoms with Crippen LogP contribution in [-0.2, 0) is 65.4 Å². The number of rotatable bonds is 73. The van der Waals surface area contributed by atoms with Crippen LogP contribution in [0.3, 0.4) is 0 Å². The van der Waals surface area contributed by atoms with Gasteiger partial charge < -0.3 is 33.8 Å². The van der Waals surface area contributed by atoms with Gasteiger partial charge in [-0.1, -0.05) is 263 Å². The van der Waals surface area contributed by atoms with Crippen molar-refractivity contribution < 1.29 is 80.2 Å². The topological polar surface area (TPSA) is 237 Å². The lowest BCUT2D eigenvalue weighted by atomic mass is 10.1. The summed E-state index contributed by atoms with van der Waals surface area (Å²) in [5.74, 6) is -2.30. The van der Waals surface area contributed by atoms with E-state index < -0.39 is 97.5 Å². The van der Waals surface area contributed by atoms with Crippen molar-refractivity contribution in [2.45, 2.75) is 316 Å². The van der Waals surface area contributed by atoms with Crippen LogP contribution in [0.1, 0.15) is 297 Å². The Kier molecular flexibility index (Phi) is 72.0. The van der Waals surface area contributed by atoms with Gasteiger partial charge in [-0.3, -0.25) is 37.3 Å². The van der Waals surface area contributed by atoms with Gasteiger partial charge in [0.05, 0.1) is 26.4 Å². The van der Waals surface area contributed by atoms with Crippen LogP contribution in [0.15, 0.2) is 158 Å². The van der Waals surface area contributed by atoms with Gasteiger partial charge in [-0.05, 0) is 167 Å². The molecule has 592 valence electrons. The number of hydrogen-bond acceptors (Lipinski definition) is 15. The minimum absolute atomic E-state index is 0.0292. The van der Waals surface area contributed by atoms with Crippen LogP contribution in [0, 0.1) is 0 Å². The maximum absolute atomic E-state index is 13.1. The van der Waals surface area contributed by atoms with Crippen LogP contribution < -0.4 is 0 Å². The van der Waals surface area contributed by atoms with E-state index in [1.54, 1.807) is 0 Å². The second-order valence-electron chi connectivity index (χ2n) is 25.9. The zero-order valence-corrected chi connectivity index (χ0v) is 66.4. The molecule has 0 saturated heterocycles. The molecule has 0 saturated carbocycles. The van der Waals surface area contributed by atoms with Crippen molar-refractivity contribution in [2.24, 2.45) is 0 Å². The number of hydrogen-bond donors (Lipinski definition) is 3. The van der Waals surface area contributed by atoms with Crippen LogP contribution in [0.4, 0.5) is 0 Å². The number of phosphoric acid groups is 2. The molecule has 5 atom stereocenters. The number of unbranched alkanes of at least 4 members (excludes halogenated alkanes) is 21. The predicted molar refractivity (Wildman–Crippen MR) is 427 cm³/mol. The van der Waals surface area contributed by atoms with E-state index in [4.69, 9.17) is 37.0 Å². The highest BCUT2D eigenvalue weighted by molar-refractivity contribution is 7.47. The van der Waals surface area contributed by atoms with E-state index in [9.17, 15) is 43.2 Å². The molecule has 19 heteroatoms. The summed E-state index contributed by atoms with van der Waals surface area (Å²) < 4.78 is 68.5. The maximum Gasteiger partial charge on any atom is 0.472 e. The first-order valence-corrected chi connectivity index (χ1v) is 42.7. The van der Waals surface area contributed by atoms with Crippen molar-refractivity contribution in [2.75, 3.05) is 39.6 Å². The Morgan fingerprint density at radius 3 is 0.808 bits per heavy atom. The summed E-state index contributed by atoms with van der Waals surface area (Å²) >= 11 is 0. The van der Waals surface area contributed by atoms with Gasteiger partial charge in [0, 0.05) is 25.7 Å². The van der Waals surface area contributed by atoms with Crippen molar-refractivity contribution in [3.8, 4) is 0 Å². The number of aliphatic hydroxyl groups excluding tert-OH is 1. The fourth-order valence-corrected chi connectivity index (χ4v) is 11.6. The van der Waals surface area contributed by atoms with Crippen LogP contribution >= 0.6 is 15.6 Å². The van der Waals surface area contributed by atoms with E-state index >= 15 is 0 Å². The standard InChI is InChI=1S/C85H140O17P2/c1-5-9-13-17-21-25-29-33-37-38-39-40-44-46-50-54-58-62-66-70-83(88)96-76-81(102-85(90)72-68-64-60-56-52-48-43-36-32-28-24-20-16-12-8-4)78-100-104(93,94)98-74-79(86)73-97-103(91,92)99-77-80(101-84(89)71-67-63-59-55-51-47-42-35-31-27-23-19-15-11-7-3)75-95-82(87)69-65-61-57-53-49-45-41-34-30-26-22-18-14-10-6-2/h9-10,12-14,16,21-22,24-26,28,33-37,39-43,46,50,52,56,79-81,86H,5-8,11,15,17-20,23,27,29-32,38,44-45,47-49,51,53-55,57-78H2,1-4H3,(H,91,92)(H,93,94)/b13-9-,14-10-,16-12-,25-21-,26-22-,28-24-,37-33-,40-39-,41-34-,42-35-,43-36-,50-46-,56-52-. The van der Waals surface area contributed by atoms with E-state index in [2.05, 4.69) is 186 Å². The molecule has 0 aromatic heterocycles. The van der Waals surface area contributed by atoms with Gasteiger partial charge in [0.1, 0.15) is 19.3 Å². The van der Waals surface area contributed by atoms with Gasteiger partial charge in [-0.15, -0.1) is 0 Å². The Bertz CT molecular complexity index is 2590. The maximum atomic E-state index is 13.1. The number of ether oxygens (including phenoxy) is 4. The summed E-state index contributed by atoms with van der Waals surface area (Å²) in [6.45, 7) is 4.41. The number of allylic oxidation sites excluding steroid dienone is 26. The van der Waals surface area contributed by atoms with Crippen LogP contribution in [0.25, 0.3) is 0 Å². The highest BCUT2D eigenvalue weighted by atomic mass is 31.2. The van der Waals surface area contributed by atoms with Crippen molar-refractivity contribution in [3.63, 3.8) is 0 Å². The molecule has 104 heavy (non-hydrogen) atoms. The molecule has 0 heterocycles. The smallest absolute Gasteiger partial charge is 0.462 e. The van der Waals surface area contributed by atoms with E-state index in [1.807, 2.05) is 0 Å². The molecule has 0 radical (unpaired) electrons. The number of esters is 4. The van der Waals surface area contributed by atoms with Crippen molar-refractivity contribution >= 4 is 39.5 Å². The zero-order valence-electron chi connectivity index (χ0n) is 64.6. The van der Waals surface area contributed by atoms with Crippen molar-refractivity contribution in [1.82, 2.24) is 0 Å². The molecule has 0 spiro atoms. The van der Waals surface area contributed by atoms with Crippen LogP contribution in [0.2, 0.25) is 0 Å². The lowest BCUT2D eigenvalue weighted by Gasteiger charge is -2.21. The van der Waals surface area contributed by atoms with E-state index in [0.29, 0.717) is 32.1 Å². The third kappa shape index (κ3) is 74.9. The highest BCUT2D eigenvalue weighted by Crippen LogP contribution is 2.45. The third-order valence-electron chi connectivity index (χ3n) is 16.0. The molecular weight excluding hydrogens is 1350 g/mol. The average molecular weight is 1500 g/mol. The minimum atomic E-state index is -5.00. The molecule has 0 fully saturated rings. The second kappa shape index (κ2) is 75.9. The lowest BCUT2D eigenvalue weighted by Crippen LogP contribution is -2.30. The summed E-state index contributed by atoms with van der Waals surface area (Å²) in [4.78, 5) is 73.0. The van der Waals surface area contributed by atoms with Gasteiger partial charge in [0.15, 0.2) is 12.2 Å². The number of carbonyl (C=O) groups is 4. The summed E-state index contributed by atoms with van der Waals surface area (Å²) in [5, 5.41) is 10.6.